The molecule has 0 aliphatic rings. The van der Waals surface area contributed by atoms with Crippen molar-refractivity contribution in [2.75, 3.05) is 23.7 Å². The zero-order valence-electron chi connectivity index (χ0n) is 21.8. The van der Waals surface area contributed by atoms with E-state index in [1.54, 1.807) is 19.1 Å². The first-order chi connectivity index (χ1) is 18.1. The molecule has 9 heteroatoms. The summed E-state index contributed by atoms with van der Waals surface area (Å²) in [7, 11) is -3.90. The van der Waals surface area contributed by atoms with Gasteiger partial charge in [0.05, 0.1) is 11.9 Å². The molecule has 2 amide bonds. The van der Waals surface area contributed by atoms with Crippen LogP contribution in [0.5, 0.6) is 0 Å². The van der Waals surface area contributed by atoms with E-state index in [1.165, 1.54) is 24.0 Å². The maximum absolute atomic E-state index is 13.9. The number of hydrogen-bond acceptors (Lipinski definition) is 5. The lowest BCUT2D eigenvalue weighted by Gasteiger charge is -2.33. The van der Waals surface area contributed by atoms with Gasteiger partial charge in [0, 0.05) is 25.1 Å². The molecule has 0 aliphatic carbocycles. The van der Waals surface area contributed by atoms with Crippen LogP contribution in [0.1, 0.15) is 35.3 Å². The summed E-state index contributed by atoms with van der Waals surface area (Å²) in [5.41, 5.74) is 2.19. The Morgan fingerprint density at radius 1 is 0.868 bits per heavy atom. The Balaban J connectivity index is 2.03. The summed E-state index contributed by atoms with van der Waals surface area (Å²) in [6, 6.07) is 23.9. The molecule has 0 fully saturated rings. The SMILES string of the molecule is CCNC(=O)C(Cc1ccccc1)N(Cc1ccccc1)C(=O)CN(c1cccc(C(C)=O)c1)S(C)(=O)=O. The molecule has 3 rings (SSSR count). The number of Topliss-reactive ketones (excluding diaryl/α,β-unsaturated/α-hetero) is 1. The van der Waals surface area contributed by atoms with Gasteiger partial charge in [-0.05, 0) is 37.1 Å². The Morgan fingerprint density at radius 2 is 1.47 bits per heavy atom. The van der Waals surface area contributed by atoms with Crippen LogP contribution in [0, 0.1) is 0 Å². The zero-order chi connectivity index (χ0) is 27.7. The maximum Gasteiger partial charge on any atom is 0.244 e. The van der Waals surface area contributed by atoms with E-state index in [2.05, 4.69) is 5.32 Å². The van der Waals surface area contributed by atoms with Gasteiger partial charge in [-0.1, -0.05) is 72.8 Å². The Morgan fingerprint density at radius 3 is 2.03 bits per heavy atom. The first-order valence-corrected chi connectivity index (χ1v) is 14.2. The van der Waals surface area contributed by atoms with E-state index in [0.717, 1.165) is 21.7 Å². The molecule has 0 saturated carbocycles. The summed E-state index contributed by atoms with van der Waals surface area (Å²) in [5.74, 6) is -1.10. The standard InChI is InChI=1S/C29H33N3O5S/c1-4-30-29(35)27(18-23-12-7-5-8-13-23)31(20-24-14-9-6-10-15-24)28(34)21-32(38(3,36)37)26-17-11-16-25(19-26)22(2)33/h5-17,19,27H,4,18,20-21H2,1-3H3,(H,30,35). The van der Waals surface area contributed by atoms with Crippen molar-refractivity contribution in [2.24, 2.45) is 0 Å². The fourth-order valence-corrected chi connectivity index (χ4v) is 4.96. The number of ketones is 1. The number of nitrogens with zero attached hydrogens (tertiary/aromatic N) is 2. The largest absolute Gasteiger partial charge is 0.355 e. The average molecular weight is 536 g/mol. The van der Waals surface area contributed by atoms with Gasteiger partial charge in [-0.25, -0.2) is 8.42 Å². The number of anilines is 1. The van der Waals surface area contributed by atoms with E-state index >= 15 is 0 Å². The van der Waals surface area contributed by atoms with Crippen molar-refractivity contribution in [3.05, 3.63) is 102 Å². The van der Waals surface area contributed by atoms with E-state index < -0.39 is 28.5 Å². The molecule has 38 heavy (non-hydrogen) atoms. The molecule has 0 radical (unpaired) electrons. The number of likely N-dealkylation sites (N-methyl/N-ethyl adjacent to an activating group) is 1. The molecule has 1 atom stereocenters. The molecule has 0 spiro atoms. The minimum absolute atomic E-state index is 0.111. The fraction of sp³-hybridized carbons (Fsp3) is 0.276. The number of benzene rings is 3. The minimum Gasteiger partial charge on any atom is -0.355 e. The fourth-order valence-electron chi connectivity index (χ4n) is 4.12. The van der Waals surface area contributed by atoms with Crippen LogP contribution in [0.4, 0.5) is 5.69 Å². The molecule has 0 heterocycles. The third-order valence-electron chi connectivity index (χ3n) is 6.04. The highest BCUT2D eigenvalue weighted by Gasteiger charge is 2.32. The van der Waals surface area contributed by atoms with Gasteiger partial charge in [0.25, 0.3) is 0 Å². The van der Waals surface area contributed by atoms with Gasteiger partial charge in [0.1, 0.15) is 12.6 Å². The van der Waals surface area contributed by atoms with Gasteiger partial charge < -0.3 is 10.2 Å². The van der Waals surface area contributed by atoms with Crippen LogP contribution >= 0.6 is 0 Å². The van der Waals surface area contributed by atoms with Crippen LogP contribution < -0.4 is 9.62 Å². The van der Waals surface area contributed by atoms with Crippen molar-refractivity contribution in [2.45, 2.75) is 32.9 Å². The van der Waals surface area contributed by atoms with E-state index in [0.29, 0.717) is 12.1 Å². The summed E-state index contributed by atoms with van der Waals surface area (Å²) >= 11 is 0. The second-order valence-electron chi connectivity index (χ2n) is 8.98. The van der Waals surface area contributed by atoms with Gasteiger partial charge in [0.15, 0.2) is 5.78 Å². The number of sulfonamides is 1. The van der Waals surface area contributed by atoms with Crippen molar-refractivity contribution in [1.82, 2.24) is 10.2 Å². The van der Waals surface area contributed by atoms with Gasteiger partial charge in [-0.15, -0.1) is 0 Å². The summed E-state index contributed by atoms with van der Waals surface area (Å²) in [5, 5.41) is 2.82. The molecule has 3 aromatic carbocycles. The van der Waals surface area contributed by atoms with E-state index in [-0.39, 0.29) is 30.3 Å². The smallest absolute Gasteiger partial charge is 0.244 e. The normalized spacial score (nSPS) is 11.9. The van der Waals surface area contributed by atoms with Crippen LogP contribution in [0.15, 0.2) is 84.9 Å². The third-order valence-corrected chi connectivity index (χ3v) is 7.18. The highest BCUT2D eigenvalue weighted by Crippen LogP contribution is 2.22. The molecule has 3 aromatic rings. The number of nitrogens with one attached hydrogen (secondary N) is 1. The Kier molecular flexibility index (Phi) is 9.78. The van der Waals surface area contributed by atoms with Crippen LogP contribution in [0.25, 0.3) is 0 Å². The Bertz CT molecular complexity index is 1360. The quantitative estimate of drug-likeness (QED) is 0.358. The van der Waals surface area contributed by atoms with Crippen molar-refractivity contribution in [3.63, 3.8) is 0 Å². The Hall–Kier alpha value is -3.98. The monoisotopic (exact) mass is 535 g/mol. The van der Waals surface area contributed by atoms with Crippen LogP contribution in [-0.2, 0) is 32.6 Å². The summed E-state index contributed by atoms with van der Waals surface area (Å²) in [6.45, 7) is 3.15. The zero-order valence-corrected chi connectivity index (χ0v) is 22.6. The molecule has 0 bridgehead atoms. The lowest BCUT2D eigenvalue weighted by Crippen LogP contribution is -2.53. The average Bonchev–Trinajstić information content (AvgIpc) is 2.89. The van der Waals surface area contributed by atoms with Gasteiger partial charge in [-0.2, -0.15) is 0 Å². The molecule has 0 aromatic heterocycles. The highest BCUT2D eigenvalue weighted by molar-refractivity contribution is 7.92. The van der Waals surface area contributed by atoms with E-state index in [1.807, 2.05) is 60.7 Å². The maximum atomic E-state index is 13.9. The van der Waals surface area contributed by atoms with Crippen molar-refractivity contribution >= 4 is 33.3 Å². The topological polar surface area (TPSA) is 104 Å². The summed E-state index contributed by atoms with van der Waals surface area (Å²) < 4.78 is 26.6. The lowest BCUT2D eigenvalue weighted by atomic mass is 10.0. The molecule has 1 N–H and O–H groups in total. The summed E-state index contributed by atoms with van der Waals surface area (Å²) in [6.07, 6.45) is 1.26. The van der Waals surface area contributed by atoms with Crippen LogP contribution in [-0.4, -0.2) is 56.3 Å². The van der Waals surface area contributed by atoms with Gasteiger partial charge in [-0.3, -0.25) is 18.7 Å². The van der Waals surface area contributed by atoms with Gasteiger partial charge >= 0.3 is 0 Å². The molecule has 1 unspecified atom stereocenters. The predicted octanol–water partition coefficient (Wildman–Crippen LogP) is 3.43. The molecular weight excluding hydrogens is 502 g/mol. The molecule has 8 nitrogen and oxygen atoms in total. The van der Waals surface area contributed by atoms with Crippen molar-refractivity contribution in [3.8, 4) is 0 Å². The van der Waals surface area contributed by atoms with Crippen molar-refractivity contribution < 1.29 is 22.8 Å². The summed E-state index contributed by atoms with van der Waals surface area (Å²) in [4.78, 5) is 40.5. The minimum atomic E-state index is -3.90. The third kappa shape index (κ3) is 7.76. The Labute approximate surface area is 224 Å². The molecule has 0 saturated heterocycles. The van der Waals surface area contributed by atoms with E-state index in [9.17, 15) is 22.8 Å². The van der Waals surface area contributed by atoms with Gasteiger partial charge in [0.2, 0.25) is 21.8 Å². The number of carbonyl (C=O) groups is 3. The first kappa shape index (κ1) is 28.6. The van der Waals surface area contributed by atoms with Crippen LogP contribution in [0.3, 0.4) is 0 Å². The lowest BCUT2D eigenvalue weighted by molar-refractivity contribution is -0.140. The second kappa shape index (κ2) is 13.0. The highest BCUT2D eigenvalue weighted by atomic mass is 32.2. The molecular formula is C29H33N3O5S. The predicted molar refractivity (Wildman–Crippen MR) is 148 cm³/mol. The number of carbonyl (C=O) groups excluding carboxylic acids is 3. The van der Waals surface area contributed by atoms with E-state index in [4.69, 9.17) is 0 Å². The second-order valence-corrected chi connectivity index (χ2v) is 10.9. The number of hydrogen-bond donors (Lipinski definition) is 1. The van der Waals surface area contributed by atoms with Crippen molar-refractivity contribution in [1.29, 1.82) is 0 Å². The number of rotatable bonds is 12. The molecule has 0 aliphatic heterocycles. The molecule has 200 valence electrons. The van der Waals surface area contributed by atoms with Crippen LogP contribution in [0.2, 0.25) is 0 Å². The first-order valence-electron chi connectivity index (χ1n) is 12.3. The number of amides is 2.